The summed E-state index contributed by atoms with van der Waals surface area (Å²) in [5.74, 6) is 0.548. The highest BCUT2D eigenvalue weighted by molar-refractivity contribution is 5.76. The van der Waals surface area contributed by atoms with E-state index in [1.54, 1.807) is 18.2 Å². The smallest absolute Gasteiger partial charge is 0.387 e. The number of alkyl halides is 2. The summed E-state index contributed by atoms with van der Waals surface area (Å²) < 4.78 is 42.7. The molecule has 6 nitrogen and oxygen atoms in total. The fourth-order valence-electron chi connectivity index (χ4n) is 6.56. The second-order valence-electron chi connectivity index (χ2n) is 9.57. The van der Waals surface area contributed by atoms with Gasteiger partial charge in [0.05, 0.1) is 19.8 Å². The number of halogens is 2. The standard InChI is InChI=1S/C23H31F2NO5/c1-22(2)13-11-15-18(14-5-4-6-16(29-3)19(14)31-21(24)25)30-10-8-23(15,12-13)20(22)26-17(28)7-9-27/h4-6,13,15,18,20-21,27H,7-12H2,1-3H3,(H,26,28)/t13-,15-,18-,20-,23?/m1/s1. The number of fused-ring (bicyclic) bond motifs is 1. The maximum absolute atomic E-state index is 13.2. The van der Waals surface area contributed by atoms with Crippen molar-refractivity contribution in [2.24, 2.45) is 22.7 Å². The summed E-state index contributed by atoms with van der Waals surface area (Å²) in [5, 5.41) is 12.4. The van der Waals surface area contributed by atoms with Crippen LogP contribution in [-0.4, -0.2) is 44.0 Å². The molecule has 0 aromatic heterocycles. The number of carbonyl (C=O) groups is 1. The average molecular weight is 439 g/mol. The molecule has 2 saturated carbocycles. The Morgan fingerprint density at radius 1 is 1.39 bits per heavy atom. The van der Waals surface area contributed by atoms with E-state index in [2.05, 4.69) is 19.2 Å². The summed E-state index contributed by atoms with van der Waals surface area (Å²) in [6.07, 6.45) is 2.31. The molecule has 1 aromatic carbocycles. The molecule has 2 bridgehead atoms. The second-order valence-corrected chi connectivity index (χ2v) is 9.57. The lowest BCUT2D eigenvalue weighted by molar-refractivity contribution is -0.138. The van der Waals surface area contributed by atoms with Crippen LogP contribution in [0.3, 0.4) is 0 Å². The van der Waals surface area contributed by atoms with Crippen molar-refractivity contribution in [1.29, 1.82) is 0 Å². The molecule has 31 heavy (non-hydrogen) atoms. The number of rotatable bonds is 7. The van der Waals surface area contributed by atoms with Gasteiger partial charge in [-0.05, 0) is 48.0 Å². The molecule has 1 saturated heterocycles. The summed E-state index contributed by atoms with van der Waals surface area (Å²) in [4.78, 5) is 12.4. The van der Waals surface area contributed by atoms with E-state index in [0.717, 1.165) is 19.3 Å². The molecule has 3 fully saturated rings. The Balaban J connectivity index is 1.71. The van der Waals surface area contributed by atoms with Crippen LogP contribution in [0.1, 0.15) is 51.2 Å². The molecule has 1 aromatic rings. The maximum Gasteiger partial charge on any atom is 0.387 e. The van der Waals surface area contributed by atoms with Crippen LogP contribution in [0.25, 0.3) is 0 Å². The highest BCUT2D eigenvalue weighted by Crippen LogP contribution is 2.71. The zero-order valence-corrected chi connectivity index (χ0v) is 18.2. The third-order valence-corrected chi connectivity index (χ3v) is 7.89. The number of methoxy groups -OCH3 is 1. The maximum atomic E-state index is 13.2. The van der Waals surface area contributed by atoms with E-state index in [1.165, 1.54) is 7.11 Å². The van der Waals surface area contributed by atoms with E-state index in [-0.39, 0.29) is 53.2 Å². The Hall–Kier alpha value is -1.93. The van der Waals surface area contributed by atoms with Crippen molar-refractivity contribution in [1.82, 2.24) is 5.32 Å². The minimum atomic E-state index is -2.97. The first kappa shape index (κ1) is 22.3. The van der Waals surface area contributed by atoms with Gasteiger partial charge in [-0.15, -0.1) is 0 Å². The molecule has 1 heterocycles. The monoisotopic (exact) mass is 439 g/mol. The number of ether oxygens (including phenoxy) is 3. The Morgan fingerprint density at radius 3 is 2.84 bits per heavy atom. The first-order valence-corrected chi connectivity index (χ1v) is 10.9. The van der Waals surface area contributed by atoms with Crippen molar-refractivity contribution in [3.8, 4) is 11.5 Å². The number of aliphatic hydroxyl groups excluding tert-OH is 1. The normalized spacial score (nSPS) is 33.3. The van der Waals surface area contributed by atoms with Crippen molar-refractivity contribution < 1.29 is 32.9 Å². The Labute approximate surface area is 181 Å². The van der Waals surface area contributed by atoms with Crippen LogP contribution >= 0.6 is 0 Å². The van der Waals surface area contributed by atoms with Gasteiger partial charge in [0.25, 0.3) is 0 Å². The van der Waals surface area contributed by atoms with Gasteiger partial charge in [0.1, 0.15) is 0 Å². The molecule has 172 valence electrons. The lowest BCUT2D eigenvalue weighted by atomic mass is 9.58. The van der Waals surface area contributed by atoms with Gasteiger partial charge in [-0.1, -0.05) is 26.0 Å². The molecular formula is C23H31F2NO5. The third-order valence-electron chi connectivity index (χ3n) is 7.89. The van der Waals surface area contributed by atoms with Crippen LogP contribution in [-0.2, 0) is 9.53 Å². The molecule has 5 atom stereocenters. The minimum absolute atomic E-state index is 0.0185. The zero-order chi connectivity index (χ0) is 22.4. The van der Waals surface area contributed by atoms with Crippen LogP contribution < -0.4 is 14.8 Å². The van der Waals surface area contributed by atoms with E-state index >= 15 is 0 Å². The second kappa shape index (κ2) is 8.20. The van der Waals surface area contributed by atoms with Crippen molar-refractivity contribution in [2.75, 3.05) is 20.3 Å². The molecular weight excluding hydrogens is 408 g/mol. The Bertz CT molecular complexity index is 832. The van der Waals surface area contributed by atoms with Gasteiger partial charge in [-0.3, -0.25) is 4.79 Å². The number of nitrogens with one attached hydrogen (secondary N) is 1. The minimum Gasteiger partial charge on any atom is -0.493 e. The van der Waals surface area contributed by atoms with Crippen LogP contribution in [0, 0.1) is 22.7 Å². The summed E-state index contributed by atoms with van der Waals surface area (Å²) in [6, 6.07) is 5.05. The van der Waals surface area contributed by atoms with Gasteiger partial charge < -0.3 is 24.6 Å². The van der Waals surface area contributed by atoms with Gasteiger partial charge in [0, 0.05) is 24.6 Å². The quantitative estimate of drug-likeness (QED) is 0.678. The third kappa shape index (κ3) is 3.57. The first-order valence-electron chi connectivity index (χ1n) is 10.9. The predicted octanol–water partition coefficient (Wildman–Crippen LogP) is 3.68. The first-order chi connectivity index (χ1) is 14.7. The molecule has 1 aliphatic heterocycles. The highest BCUT2D eigenvalue weighted by Gasteiger charge is 2.68. The Kier molecular flexibility index (Phi) is 5.89. The van der Waals surface area contributed by atoms with E-state index in [9.17, 15) is 18.7 Å². The number of aliphatic hydroxyl groups is 1. The van der Waals surface area contributed by atoms with Crippen molar-refractivity contribution in [3.63, 3.8) is 0 Å². The van der Waals surface area contributed by atoms with Crippen LogP contribution in [0.15, 0.2) is 18.2 Å². The summed E-state index contributed by atoms with van der Waals surface area (Å²) >= 11 is 0. The molecule has 4 rings (SSSR count). The van der Waals surface area contributed by atoms with Crippen LogP contribution in [0.5, 0.6) is 11.5 Å². The molecule has 0 radical (unpaired) electrons. The predicted molar refractivity (Wildman–Crippen MR) is 109 cm³/mol. The number of amides is 1. The van der Waals surface area contributed by atoms with Gasteiger partial charge in [0.15, 0.2) is 11.5 Å². The lowest BCUT2D eigenvalue weighted by Gasteiger charge is -2.53. The van der Waals surface area contributed by atoms with Gasteiger partial charge in [-0.25, -0.2) is 0 Å². The van der Waals surface area contributed by atoms with Crippen LogP contribution in [0.4, 0.5) is 8.78 Å². The zero-order valence-electron chi connectivity index (χ0n) is 18.2. The average Bonchev–Trinajstić information content (AvgIpc) is 3.20. The van der Waals surface area contributed by atoms with Gasteiger partial charge >= 0.3 is 6.61 Å². The fraction of sp³-hybridized carbons (Fsp3) is 0.696. The molecule has 2 aliphatic carbocycles. The molecule has 2 N–H and O–H groups in total. The van der Waals surface area contributed by atoms with Gasteiger partial charge in [-0.2, -0.15) is 8.78 Å². The molecule has 1 unspecified atom stereocenters. The molecule has 1 spiro atoms. The summed E-state index contributed by atoms with van der Waals surface area (Å²) in [5.41, 5.74) is 0.280. The number of para-hydroxylation sites is 1. The Morgan fingerprint density at radius 2 is 2.16 bits per heavy atom. The van der Waals surface area contributed by atoms with Gasteiger partial charge in [0.2, 0.25) is 5.91 Å². The number of carbonyl (C=O) groups excluding carboxylic acids is 1. The summed E-state index contributed by atoms with van der Waals surface area (Å²) in [7, 11) is 1.42. The summed E-state index contributed by atoms with van der Waals surface area (Å²) in [6.45, 7) is 1.68. The molecule has 1 amide bonds. The number of hydrogen-bond donors (Lipinski definition) is 2. The van der Waals surface area contributed by atoms with E-state index in [0.29, 0.717) is 18.1 Å². The number of benzene rings is 1. The van der Waals surface area contributed by atoms with Crippen LogP contribution in [0.2, 0.25) is 0 Å². The topological polar surface area (TPSA) is 77.0 Å². The largest absolute Gasteiger partial charge is 0.493 e. The molecule has 3 aliphatic rings. The van der Waals surface area contributed by atoms with Crippen molar-refractivity contribution in [2.45, 2.75) is 58.3 Å². The fourth-order valence-corrected chi connectivity index (χ4v) is 6.56. The SMILES string of the molecule is COc1cccc([C@H]2OCCC34C[C@@H](C[C@H]23)C(C)(C)[C@H]4NC(=O)CCO)c1OC(F)F. The van der Waals surface area contributed by atoms with E-state index < -0.39 is 12.7 Å². The highest BCUT2D eigenvalue weighted by atomic mass is 19.3. The van der Waals surface area contributed by atoms with Crippen molar-refractivity contribution >= 4 is 5.91 Å². The van der Waals surface area contributed by atoms with E-state index in [1.807, 2.05) is 0 Å². The lowest BCUT2D eigenvalue weighted by Crippen LogP contribution is -2.59. The number of hydrogen-bond acceptors (Lipinski definition) is 5. The van der Waals surface area contributed by atoms with Crippen molar-refractivity contribution in [3.05, 3.63) is 23.8 Å². The van der Waals surface area contributed by atoms with E-state index in [4.69, 9.17) is 14.2 Å². The molecule has 8 heteroatoms.